The van der Waals surface area contributed by atoms with Crippen LogP contribution in [0.4, 0.5) is 5.69 Å². The number of benzene rings is 1. The van der Waals surface area contributed by atoms with Gasteiger partial charge < -0.3 is 10.2 Å². The van der Waals surface area contributed by atoms with E-state index in [0.29, 0.717) is 23.0 Å². The first-order chi connectivity index (χ1) is 9.06. The van der Waals surface area contributed by atoms with Crippen LogP contribution >= 0.6 is 11.6 Å². The maximum absolute atomic E-state index is 10.9. The van der Waals surface area contributed by atoms with Crippen molar-refractivity contribution in [3.8, 4) is 0 Å². The van der Waals surface area contributed by atoms with Crippen LogP contribution in [0.15, 0.2) is 18.2 Å². The first-order valence-corrected chi connectivity index (χ1v) is 6.76. The lowest BCUT2D eigenvalue weighted by molar-refractivity contribution is -0.385. The van der Waals surface area contributed by atoms with Crippen molar-refractivity contribution >= 4 is 17.3 Å². The maximum atomic E-state index is 10.9. The predicted octanol–water partition coefficient (Wildman–Crippen LogP) is 2.29. The fourth-order valence-electron chi connectivity index (χ4n) is 2.46. The number of likely N-dealkylation sites (tertiary alicyclic amines) is 1. The summed E-state index contributed by atoms with van der Waals surface area (Å²) in [6, 6.07) is 4.81. The Kier molecular flexibility index (Phi) is 4.74. The fourth-order valence-corrected chi connectivity index (χ4v) is 2.63. The topological polar surface area (TPSA) is 58.4 Å². The highest BCUT2D eigenvalue weighted by atomic mass is 35.5. The van der Waals surface area contributed by atoms with Crippen LogP contribution in [0.3, 0.4) is 0 Å². The Bertz CT molecular complexity index is 467. The Morgan fingerprint density at radius 1 is 1.58 bits per heavy atom. The quantitative estimate of drug-likeness (QED) is 0.665. The zero-order chi connectivity index (χ0) is 13.8. The monoisotopic (exact) mass is 283 g/mol. The molecule has 1 aliphatic heterocycles. The number of hydrogen-bond acceptors (Lipinski definition) is 4. The van der Waals surface area contributed by atoms with E-state index in [-0.39, 0.29) is 10.6 Å². The summed E-state index contributed by atoms with van der Waals surface area (Å²) < 4.78 is 0. The van der Waals surface area contributed by atoms with Gasteiger partial charge in [0.2, 0.25) is 0 Å². The number of nitrogens with one attached hydrogen (secondary N) is 1. The molecule has 0 aliphatic carbocycles. The highest BCUT2D eigenvalue weighted by molar-refractivity contribution is 6.30. The molecule has 6 heteroatoms. The molecule has 0 radical (unpaired) electrons. The number of nitro groups is 1. The molecule has 0 bridgehead atoms. The highest BCUT2D eigenvalue weighted by Crippen LogP contribution is 2.23. The van der Waals surface area contributed by atoms with Crippen LogP contribution in [-0.2, 0) is 6.54 Å². The second kappa shape index (κ2) is 6.32. The predicted molar refractivity (Wildman–Crippen MR) is 75.4 cm³/mol. The van der Waals surface area contributed by atoms with Gasteiger partial charge in [-0.25, -0.2) is 0 Å². The molecular formula is C13H18ClN3O2. The lowest BCUT2D eigenvalue weighted by atomic mass is 10.1. The van der Waals surface area contributed by atoms with Crippen LogP contribution in [0.1, 0.15) is 12.0 Å². The lowest BCUT2D eigenvalue weighted by Gasteiger charge is -2.11. The summed E-state index contributed by atoms with van der Waals surface area (Å²) >= 11 is 5.78. The van der Waals surface area contributed by atoms with Crippen molar-refractivity contribution in [2.45, 2.75) is 13.0 Å². The van der Waals surface area contributed by atoms with E-state index in [1.165, 1.54) is 12.5 Å². The second-order valence-electron chi connectivity index (χ2n) is 5.08. The zero-order valence-corrected chi connectivity index (χ0v) is 11.7. The summed E-state index contributed by atoms with van der Waals surface area (Å²) in [7, 11) is 2.12. The van der Waals surface area contributed by atoms with E-state index in [4.69, 9.17) is 11.6 Å². The molecule has 104 valence electrons. The minimum Gasteiger partial charge on any atom is -0.312 e. The second-order valence-corrected chi connectivity index (χ2v) is 5.51. The van der Waals surface area contributed by atoms with Gasteiger partial charge in [0.05, 0.1) is 4.92 Å². The molecule has 0 spiro atoms. The van der Waals surface area contributed by atoms with Gasteiger partial charge in [0.15, 0.2) is 0 Å². The van der Waals surface area contributed by atoms with Gasteiger partial charge in [-0.3, -0.25) is 10.1 Å². The molecule has 19 heavy (non-hydrogen) atoms. The van der Waals surface area contributed by atoms with Crippen LogP contribution in [0.2, 0.25) is 5.02 Å². The number of nitro benzene ring substituents is 1. The average molecular weight is 284 g/mol. The fraction of sp³-hybridized carbons (Fsp3) is 0.538. The van der Waals surface area contributed by atoms with E-state index in [0.717, 1.165) is 19.6 Å². The van der Waals surface area contributed by atoms with Gasteiger partial charge in [-0.2, -0.15) is 0 Å². The maximum Gasteiger partial charge on any atom is 0.275 e. The number of hydrogen-bond donors (Lipinski definition) is 1. The van der Waals surface area contributed by atoms with E-state index in [2.05, 4.69) is 17.3 Å². The molecule has 1 atom stereocenters. The van der Waals surface area contributed by atoms with E-state index >= 15 is 0 Å². The third-order valence-corrected chi connectivity index (χ3v) is 3.72. The van der Waals surface area contributed by atoms with E-state index < -0.39 is 0 Å². The minimum atomic E-state index is -0.383. The van der Waals surface area contributed by atoms with Gasteiger partial charge in [-0.15, -0.1) is 0 Å². The third-order valence-electron chi connectivity index (χ3n) is 3.48. The Morgan fingerprint density at radius 3 is 3.00 bits per heavy atom. The van der Waals surface area contributed by atoms with Crippen LogP contribution in [0, 0.1) is 16.0 Å². The van der Waals surface area contributed by atoms with Gasteiger partial charge in [0, 0.05) is 29.7 Å². The molecule has 0 saturated carbocycles. The van der Waals surface area contributed by atoms with Gasteiger partial charge in [-0.05, 0) is 44.6 Å². The molecule has 1 aliphatic rings. The number of rotatable bonds is 5. The summed E-state index contributed by atoms with van der Waals surface area (Å²) in [5.74, 6) is 0.636. The summed E-state index contributed by atoms with van der Waals surface area (Å²) in [5.41, 5.74) is 0.768. The smallest absolute Gasteiger partial charge is 0.275 e. The molecule has 1 heterocycles. The molecule has 1 aromatic carbocycles. The van der Waals surface area contributed by atoms with E-state index in [9.17, 15) is 10.1 Å². The van der Waals surface area contributed by atoms with Crippen molar-refractivity contribution in [3.05, 3.63) is 38.9 Å². The van der Waals surface area contributed by atoms with Gasteiger partial charge >= 0.3 is 0 Å². The zero-order valence-electron chi connectivity index (χ0n) is 10.9. The Morgan fingerprint density at radius 2 is 2.37 bits per heavy atom. The summed E-state index contributed by atoms with van der Waals surface area (Å²) in [6.07, 6.45) is 1.19. The molecule has 1 saturated heterocycles. The molecular weight excluding hydrogens is 266 g/mol. The van der Waals surface area contributed by atoms with Crippen molar-refractivity contribution in [1.29, 1.82) is 0 Å². The van der Waals surface area contributed by atoms with E-state index in [1.807, 2.05) is 0 Å². The number of halogens is 1. The van der Waals surface area contributed by atoms with Gasteiger partial charge in [0.1, 0.15) is 0 Å². The summed E-state index contributed by atoms with van der Waals surface area (Å²) in [4.78, 5) is 12.9. The summed E-state index contributed by atoms with van der Waals surface area (Å²) in [5, 5.41) is 14.6. The largest absolute Gasteiger partial charge is 0.312 e. The molecule has 1 N–H and O–H groups in total. The molecule has 1 unspecified atom stereocenters. The third kappa shape index (κ3) is 3.89. The molecule has 1 aromatic rings. The molecule has 2 rings (SSSR count). The summed E-state index contributed by atoms with van der Waals surface area (Å²) in [6.45, 7) is 3.63. The van der Waals surface area contributed by atoms with Crippen molar-refractivity contribution in [2.24, 2.45) is 5.92 Å². The molecule has 5 nitrogen and oxygen atoms in total. The average Bonchev–Trinajstić information content (AvgIpc) is 2.77. The first-order valence-electron chi connectivity index (χ1n) is 6.38. The molecule has 1 fully saturated rings. The first kappa shape index (κ1) is 14.2. The van der Waals surface area contributed by atoms with Crippen molar-refractivity contribution in [1.82, 2.24) is 10.2 Å². The normalized spacial score (nSPS) is 19.8. The standard InChI is InChI=1S/C13H18ClN3O2/c1-16-5-4-10(9-16)7-15-8-11-2-3-12(14)6-13(11)17(18)19/h2-3,6,10,15H,4-5,7-9H2,1H3. The Labute approximate surface area is 117 Å². The van der Waals surface area contributed by atoms with Crippen molar-refractivity contribution in [2.75, 3.05) is 26.7 Å². The van der Waals surface area contributed by atoms with Gasteiger partial charge in [0.25, 0.3) is 5.69 Å². The lowest BCUT2D eigenvalue weighted by Crippen LogP contribution is -2.25. The van der Waals surface area contributed by atoms with Gasteiger partial charge in [-0.1, -0.05) is 11.6 Å². The Balaban J connectivity index is 1.90. The molecule has 0 amide bonds. The van der Waals surface area contributed by atoms with Crippen molar-refractivity contribution < 1.29 is 4.92 Å². The van der Waals surface area contributed by atoms with E-state index in [1.54, 1.807) is 12.1 Å². The minimum absolute atomic E-state index is 0.0866. The van der Waals surface area contributed by atoms with Crippen LogP contribution < -0.4 is 5.32 Å². The van der Waals surface area contributed by atoms with Crippen molar-refractivity contribution in [3.63, 3.8) is 0 Å². The SMILES string of the molecule is CN1CCC(CNCc2ccc(Cl)cc2[N+](=O)[O-])C1. The highest BCUT2D eigenvalue weighted by Gasteiger charge is 2.19. The number of nitrogens with zero attached hydrogens (tertiary/aromatic N) is 2. The van der Waals surface area contributed by atoms with Crippen LogP contribution in [0.25, 0.3) is 0 Å². The van der Waals surface area contributed by atoms with Crippen LogP contribution in [-0.4, -0.2) is 36.5 Å². The Hall–Kier alpha value is -1.17. The van der Waals surface area contributed by atoms with Crippen LogP contribution in [0.5, 0.6) is 0 Å². The molecule has 0 aromatic heterocycles.